The third-order valence-corrected chi connectivity index (χ3v) is 4.46. The van der Waals surface area contributed by atoms with Crippen LogP contribution in [0.1, 0.15) is 0 Å². The standard InChI is InChI=1S/C13H24O11/c1-22-11-8(19)6(17)7(18)9(20)12(11)24-13-10(21)5(16)4(15)3(2-14)23-13/h3-21H,2H2,1H3/t3-,4+,5+,6-,7+,8+,9-,10-,11-,12-,13-/m0/s1. The van der Waals surface area contributed by atoms with Gasteiger partial charge in [-0.05, 0) is 0 Å². The number of methoxy groups -OCH3 is 1. The second-order valence-electron chi connectivity index (χ2n) is 5.96. The van der Waals surface area contributed by atoms with Gasteiger partial charge in [0.25, 0.3) is 0 Å². The van der Waals surface area contributed by atoms with Crippen LogP contribution >= 0.6 is 0 Å². The highest BCUT2D eigenvalue weighted by atomic mass is 16.7. The van der Waals surface area contributed by atoms with Crippen molar-refractivity contribution in [3.05, 3.63) is 0 Å². The minimum atomic E-state index is -1.75. The molecule has 2 rings (SSSR count). The fraction of sp³-hybridized carbons (Fsp3) is 1.00. The Balaban J connectivity index is 2.17. The second kappa shape index (κ2) is 7.85. The number of hydrogen-bond acceptors (Lipinski definition) is 11. The molecule has 0 amide bonds. The topological polar surface area (TPSA) is 190 Å². The van der Waals surface area contributed by atoms with E-state index in [-0.39, 0.29) is 0 Å². The fourth-order valence-electron chi connectivity index (χ4n) is 2.95. The van der Waals surface area contributed by atoms with Crippen LogP contribution in [0.5, 0.6) is 0 Å². The van der Waals surface area contributed by atoms with Crippen molar-refractivity contribution >= 4 is 0 Å². The van der Waals surface area contributed by atoms with Gasteiger partial charge in [-0.15, -0.1) is 0 Å². The first-order valence-corrected chi connectivity index (χ1v) is 7.45. The van der Waals surface area contributed by atoms with Gasteiger partial charge in [-0.2, -0.15) is 0 Å². The van der Waals surface area contributed by atoms with Crippen LogP contribution in [0.25, 0.3) is 0 Å². The predicted molar refractivity (Wildman–Crippen MR) is 73.5 cm³/mol. The molecule has 1 heterocycles. The Morgan fingerprint density at radius 3 is 1.71 bits per heavy atom. The summed E-state index contributed by atoms with van der Waals surface area (Å²) in [5.74, 6) is 0. The molecule has 0 unspecified atom stereocenters. The highest BCUT2D eigenvalue weighted by molar-refractivity contribution is 5.01. The highest BCUT2D eigenvalue weighted by Crippen LogP contribution is 2.30. The van der Waals surface area contributed by atoms with Crippen LogP contribution in [-0.2, 0) is 14.2 Å². The Morgan fingerprint density at radius 1 is 0.708 bits per heavy atom. The van der Waals surface area contributed by atoms with Crippen LogP contribution in [0.2, 0.25) is 0 Å². The number of aliphatic hydroxyl groups is 8. The van der Waals surface area contributed by atoms with Gasteiger partial charge in [0.05, 0.1) is 6.61 Å². The zero-order chi connectivity index (χ0) is 18.2. The first kappa shape index (κ1) is 19.9. The van der Waals surface area contributed by atoms with Crippen LogP contribution < -0.4 is 0 Å². The van der Waals surface area contributed by atoms with Crippen molar-refractivity contribution in [3.63, 3.8) is 0 Å². The quantitative estimate of drug-likeness (QED) is 0.240. The summed E-state index contributed by atoms with van der Waals surface area (Å²) in [6, 6.07) is 0. The average molecular weight is 356 g/mol. The van der Waals surface area contributed by atoms with Crippen molar-refractivity contribution in [2.45, 2.75) is 67.3 Å². The zero-order valence-corrected chi connectivity index (χ0v) is 12.9. The summed E-state index contributed by atoms with van der Waals surface area (Å²) >= 11 is 0. The number of hydrogen-bond donors (Lipinski definition) is 8. The monoisotopic (exact) mass is 356 g/mol. The maximum absolute atomic E-state index is 10.1. The molecule has 0 bridgehead atoms. The van der Waals surface area contributed by atoms with Gasteiger partial charge < -0.3 is 55.1 Å². The second-order valence-corrected chi connectivity index (χ2v) is 5.96. The molecule has 0 radical (unpaired) electrons. The molecule has 2 aliphatic rings. The van der Waals surface area contributed by atoms with Crippen LogP contribution in [0.15, 0.2) is 0 Å². The number of ether oxygens (including phenoxy) is 3. The normalized spacial score (nSPS) is 53.1. The molecule has 0 aromatic heterocycles. The molecule has 0 aromatic carbocycles. The van der Waals surface area contributed by atoms with Crippen LogP contribution in [0, 0.1) is 0 Å². The van der Waals surface area contributed by atoms with Crippen LogP contribution in [-0.4, -0.2) is 122 Å². The van der Waals surface area contributed by atoms with Gasteiger partial charge >= 0.3 is 0 Å². The van der Waals surface area contributed by atoms with E-state index in [2.05, 4.69) is 0 Å². The lowest BCUT2D eigenvalue weighted by atomic mass is 9.84. The van der Waals surface area contributed by atoms with Crippen molar-refractivity contribution < 1.29 is 55.1 Å². The average Bonchev–Trinajstić information content (AvgIpc) is 2.58. The fourth-order valence-corrected chi connectivity index (χ4v) is 2.95. The highest BCUT2D eigenvalue weighted by Gasteiger charge is 2.53. The molecule has 1 saturated carbocycles. The zero-order valence-electron chi connectivity index (χ0n) is 12.9. The maximum atomic E-state index is 10.1. The van der Waals surface area contributed by atoms with Crippen molar-refractivity contribution in [3.8, 4) is 0 Å². The van der Waals surface area contributed by atoms with Crippen molar-refractivity contribution in [2.75, 3.05) is 13.7 Å². The third kappa shape index (κ3) is 3.43. The van der Waals surface area contributed by atoms with Crippen molar-refractivity contribution in [1.29, 1.82) is 0 Å². The van der Waals surface area contributed by atoms with E-state index in [9.17, 15) is 35.7 Å². The molecular weight excluding hydrogens is 332 g/mol. The lowest BCUT2D eigenvalue weighted by Crippen LogP contribution is -2.67. The van der Waals surface area contributed by atoms with E-state index in [1.54, 1.807) is 0 Å². The lowest BCUT2D eigenvalue weighted by Gasteiger charge is -2.46. The summed E-state index contributed by atoms with van der Waals surface area (Å²) in [6.45, 7) is -0.671. The smallest absolute Gasteiger partial charge is 0.187 e. The Morgan fingerprint density at radius 2 is 1.21 bits per heavy atom. The first-order valence-electron chi connectivity index (χ1n) is 7.45. The summed E-state index contributed by atoms with van der Waals surface area (Å²) < 4.78 is 15.5. The van der Waals surface area contributed by atoms with E-state index >= 15 is 0 Å². The Labute approximate surface area is 137 Å². The third-order valence-electron chi connectivity index (χ3n) is 4.46. The number of rotatable bonds is 4. The van der Waals surface area contributed by atoms with Crippen molar-refractivity contribution in [1.82, 2.24) is 0 Å². The summed E-state index contributed by atoms with van der Waals surface area (Å²) in [5, 5.41) is 77.9. The minimum absolute atomic E-state index is 0.671. The molecule has 11 atom stereocenters. The Kier molecular flexibility index (Phi) is 6.50. The first-order chi connectivity index (χ1) is 11.2. The molecule has 1 aliphatic heterocycles. The minimum Gasteiger partial charge on any atom is -0.394 e. The Bertz CT molecular complexity index is 407. The SMILES string of the molecule is CO[C@H]1[C@H](O)[C@@H](O)[C@@H](O)[C@H](O)[C@@H]1O[C@@H]1O[C@@H](CO)[C@@H](O)[C@@H](O)[C@@H]1O. The molecule has 8 N–H and O–H groups in total. The maximum Gasteiger partial charge on any atom is 0.187 e. The molecule has 0 aromatic rings. The lowest BCUT2D eigenvalue weighted by molar-refractivity contribution is -0.340. The van der Waals surface area contributed by atoms with Crippen LogP contribution in [0.3, 0.4) is 0 Å². The van der Waals surface area contributed by atoms with Gasteiger partial charge in [-0.1, -0.05) is 0 Å². The van der Waals surface area contributed by atoms with Gasteiger partial charge in [-0.25, -0.2) is 0 Å². The van der Waals surface area contributed by atoms with E-state index in [1.165, 1.54) is 7.11 Å². The summed E-state index contributed by atoms with van der Waals surface area (Å²) in [6.07, 6.45) is -17.2. The molecule has 1 aliphatic carbocycles. The predicted octanol–water partition coefficient (Wildman–Crippen LogP) is -5.36. The van der Waals surface area contributed by atoms with Crippen LogP contribution in [0.4, 0.5) is 0 Å². The van der Waals surface area contributed by atoms with Gasteiger partial charge in [0.2, 0.25) is 0 Å². The molecule has 11 heteroatoms. The molecule has 11 nitrogen and oxygen atoms in total. The van der Waals surface area contributed by atoms with Gasteiger partial charge in [0, 0.05) is 7.11 Å². The largest absolute Gasteiger partial charge is 0.394 e. The molecule has 0 spiro atoms. The summed E-state index contributed by atoms with van der Waals surface area (Å²) in [5.41, 5.74) is 0. The Hall–Kier alpha value is -0.440. The molecule has 1 saturated heterocycles. The summed E-state index contributed by atoms with van der Waals surface area (Å²) in [7, 11) is 1.18. The molecule has 2 fully saturated rings. The number of aliphatic hydroxyl groups excluding tert-OH is 8. The van der Waals surface area contributed by atoms with Gasteiger partial charge in [-0.3, -0.25) is 0 Å². The molecular formula is C13H24O11. The van der Waals surface area contributed by atoms with Gasteiger partial charge in [0.1, 0.15) is 61.0 Å². The van der Waals surface area contributed by atoms with E-state index in [0.717, 1.165) is 0 Å². The molecule has 24 heavy (non-hydrogen) atoms. The van der Waals surface area contributed by atoms with Crippen molar-refractivity contribution in [2.24, 2.45) is 0 Å². The van der Waals surface area contributed by atoms with E-state index < -0.39 is 73.9 Å². The van der Waals surface area contributed by atoms with E-state index in [0.29, 0.717) is 0 Å². The van der Waals surface area contributed by atoms with Gasteiger partial charge in [0.15, 0.2) is 6.29 Å². The summed E-state index contributed by atoms with van der Waals surface area (Å²) in [4.78, 5) is 0. The molecule has 142 valence electrons. The van der Waals surface area contributed by atoms with E-state index in [1.807, 2.05) is 0 Å². The van der Waals surface area contributed by atoms with E-state index in [4.69, 9.17) is 19.3 Å².